The Morgan fingerprint density at radius 3 is 2.86 bits per heavy atom. The van der Waals surface area contributed by atoms with Crippen molar-refractivity contribution in [1.82, 2.24) is 4.90 Å². The fourth-order valence-corrected chi connectivity index (χ4v) is 2.40. The highest BCUT2D eigenvalue weighted by Crippen LogP contribution is 2.17. The SMILES string of the molecule is Cc1ccc(OCC2(O)COCCN(CCC(N)=O)C2)cc1. The molecule has 0 aromatic heterocycles. The molecule has 2 rings (SSSR count). The van der Waals surface area contributed by atoms with Crippen LogP contribution in [0.2, 0.25) is 0 Å². The Morgan fingerprint density at radius 2 is 2.18 bits per heavy atom. The molecule has 1 amide bonds. The number of β-amino-alcohol motifs (C(OH)–C–C–N with tert-alkyl or cyclic N) is 1. The highest BCUT2D eigenvalue weighted by atomic mass is 16.5. The first kappa shape index (κ1) is 16.7. The van der Waals surface area contributed by atoms with E-state index in [-0.39, 0.29) is 25.5 Å². The summed E-state index contributed by atoms with van der Waals surface area (Å²) in [5.41, 5.74) is 5.24. The number of carbonyl (C=O) groups is 1. The molecule has 0 aliphatic carbocycles. The number of hydrogen-bond donors (Lipinski definition) is 2. The summed E-state index contributed by atoms with van der Waals surface area (Å²) >= 11 is 0. The molecule has 1 aliphatic heterocycles. The second-order valence-electron chi connectivity index (χ2n) is 5.87. The standard InChI is InChI=1S/C16H24N2O4/c1-13-2-4-14(5-3-13)22-12-16(20)10-18(7-6-15(17)19)8-9-21-11-16/h2-5,20H,6-12H2,1H3,(H2,17,19). The molecule has 3 N–H and O–H groups in total. The quantitative estimate of drug-likeness (QED) is 0.790. The smallest absolute Gasteiger partial charge is 0.218 e. The lowest BCUT2D eigenvalue weighted by Crippen LogP contribution is -2.49. The van der Waals surface area contributed by atoms with Gasteiger partial charge >= 0.3 is 0 Å². The molecule has 0 radical (unpaired) electrons. The molecular weight excluding hydrogens is 284 g/mol. The van der Waals surface area contributed by atoms with Gasteiger partial charge in [0, 0.05) is 26.1 Å². The molecule has 1 atom stereocenters. The van der Waals surface area contributed by atoms with E-state index in [1.54, 1.807) is 0 Å². The molecule has 1 saturated heterocycles. The summed E-state index contributed by atoms with van der Waals surface area (Å²) in [6.07, 6.45) is 0.273. The lowest BCUT2D eigenvalue weighted by molar-refractivity contribution is -0.118. The minimum Gasteiger partial charge on any atom is -0.490 e. The average molecular weight is 308 g/mol. The predicted molar refractivity (Wildman–Crippen MR) is 82.7 cm³/mol. The zero-order chi connectivity index (χ0) is 16.0. The third kappa shape index (κ3) is 5.29. The number of aliphatic hydroxyl groups is 1. The zero-order valence-corrected chi connectivity index (χ0v) is 13.0. The first-order valence-corrected chi connectivity index (χ1v) is 7.47. The van der Waals surface area contributed by atoms with E-state index < -0.39 is 5.60 Å². The summed E-state index contributed by atoms with van der Waals surface area (Å²) in [6.45, 7) is 4.46. The molecule has 0 spiro atoms. The number of benzene rings is 1. The topological polar surface area (TPSA) is 85.0 Å². The van der Waals surface area contributed by atoms with Crippen LogP contribution in [0.5, 0.6) is 5.75 Å². The van der Waals surface area contributed by atoms with Crippen molar-refractivity contribution in [2.24, 2.45) is 5.73 Å². The Bertz CT molecular complexity index is 491. The molecule has 1 fully saturated rings. The maximum atomic E-state index is 10.9. The van der Waals surface area contributed by atoms with Crippen LogP contribution in [0.1, 0.15) is 12.0 Å². The fourth-order valence-electron chi connectivity index (χ4n) is 2.40. The fraction of sp³-hybridized carbons (Fsp3) is 0.562. The van der Waals surface area contributed by atoms with E-state index in [1.807, 2.05) is 36.1 Å². The first-order valence-electron chi connectivity index (χ1n) is 7.47. The van der Waals surface area contributed by atoms with Gasteiger partial charge in [0.2, 0.25) is 5.91 Å². The zero-order valence-electron chi connectivity index (χ0n) is 13.0. The van der Waals surface area contributed by atoms with Crippen LogP contribution in [0.15, 0.2) is 24.3 Å². The van der Waals surface area contributed by atoms with Crippen molar-refractivity contribution in [2.75, 3.05) is 39.5 Å². The molecule has 6 heteroatoms. The Labute approximate surface area is 130 Å². The van der Waals surface area contributed by atoms with Gasteiger partial charge in [0.05, 0.1) is 13.2 Å². The molecule has 6 nitrogen and oxygen atoms in total. The van der Waals surface area contributed by atoms with Gasteiger partial charge < -0.3 is 20.3 Å². The van der Waals surface area contributed by atoms with Gasteiger partial charge in [-0.2, -0.15) is 0 Å². The minimum atomic E-state index is -1.10. The Morgan fingerprint density at radius 1 is 1.45 bits per heavy atom. The third-order valence-electron chi connectivity index (χ3n) is 3.64. The van der Waals surface area contributed by atoms with Crippen LogP contribution in [0.4, 0.5) is 0 Å². The molecule has 0 bridgehead atoms. The summed E-state index contributed by atoms with van der Waals surface area (Å²) in [7, 11) is 0. The Hall–Kier alpha value is -1.63. The van der Waals surface area contributed by atoms with Gasteiger partial charge in [-0.15, -0.1) is 0 Å². The van der Waals surface area contributed by atoms with Crippen LogP contribution in [0.25, 0.3) is 0 Å². The van der Waals surface area contributed by atoms with Gasteiger partial charge in [0.25, 0.3) is 0 Å². The van der Waals surface area contributed by atoms with E-state index in [9.17, 15) is 9.90 Å². The van der Waals surface area contributed by atoms with Gasteiger partial charge in [-0.25, -0.2) is 0 Å². The number of rotatable bonds is 6. The van der Waals surface area contributed by atoms with Crippen LogP contribution in [0, 0.1) is 6.92 Å². The van der Waals surface area contributed by atoms with Gasteiger partial charge in [0.15, 0.2) is 0 Å². The van der Waals surface area contributed by atoms with E-state index in [1.165, 1.54) is 0 Å². The number of ether oxygens (including phenoxy) is 2. The van der Waals surface area contributed by atoms with E-state index in [2.05, 4.69) is 0 Å². The van der Waals surface area contributed by atoms with E-state index >= 15 is 0 Å². The number of carbonyl (C=O) groups excluding carboxylic acids is 1. The van der Waals surface area contributed by atoms with Gasteiger partial charge in [-0.05, 0) is 19.1 Å². The molecule has 1 aromatic rings. The summed E-state index contributed by atoms with van der Waals surface area (Å²) in [5, 5.41) is 10.7. The third-order valence-corrected chi connectivity index (χ3v) is 3.64. The average Bonchev–Trinajstić information content (AvgIpc) is 2.67. The minimum absolute atomic E-state index is 0.142. The maximum Gasteiger partial charge on any atom is 0.218 e. The molecule has 22 heavy (non-hydrogen) atoms. The number of hydrogen-bond acceptors (Lipinski definition) is 5. The predicted octanol–water partition coefficient (Wildman–Crippen LogP) is 0.313. The van der Waals surface area contributed by atoms with E-state index in [0.29, 0.717) is 32.0 Å². The molecule has 1 unspecified atom stereocenters. The summed E-state index contributed by atoms with van der Waals surface area (Å²) in [4.78, 5) is 12.9. The van der Waals surface area contributed by atoms with Crippen molar-refractivity contribution >= 4 is 5.91 Å². The van der Waals surface area contributed by atoms with Crippen LogP contribution < -0.4 is 10.5 Å². The van der Waals surface area contributed by atoms with Crippen molar-refractivity contribution in [3.8, 4) is 5.75 Å². The molecular formula is C16H24N2O4. The Balaban J connectivity index is 1.91. The highest BCUT2D eigenvalue weighted by Gasteiger charge is 2.33. The number of nitrogens with zero attached hydrogens (tertiary/aromatic N) is 1. The van der Waals surface area contributed by atoms with Crippen LogP contribution in [-0.4, -0.2) is 61.0 Å². The van der Waals surface area contributed by atoms with Crippen molar-refractivity contribution < 1.29 is 19.4 Å². The first-order chi connectivity index (χ1) is 10.5. The summed E-state index contributed by atoms with van der Waals surface area (Å²) in [6, 6.07) is 7.67. The van der Waals surface area contributed by atoms with Crippen LogP contribution in [0.3, 0.4) is 0 Å². The number of primary amides is 1. The van der Waals surface area contributed by atoms with Crippen LogP contribution in [-0.2, 0) is 9.53 Å². The lowest BCUT2D eigenvalue weighted by Gasteiger charge is -2.30. The lowest BCUT2D eigenvalue weighted by atomic mass is 10.1. The number of amides is 1. The molecule has 1 heterocycles. The molecule has 1 aromatic carbocycles. The van der Waals surface area contributed by atoms with Crippen molar-refractivity contribution in [1.29, 1.82) is 0 Å². The molecule has 1 aliphatic rings. The van der Waals surface area contributed by atoms with E-state index in [0.717, 1.165) is 5.56 Å². The van der Waals surface area contributed by atoms with E-state index in [4.69, 9.17) is 15.2 Å². The Kier molecular flexibility index (Phi) is 5.76. The second-order valence-corrected chi connectivity index (χ2v) is 5.87. The largest absolute Gasteiger partial charge is 0.490 e. The summed E-state index contributed by atoms with van der Waals surface area (Å²) in [5.74, 6) is 0.372. The van der Waals surface area contributed by atoms with Crippen LogP contribution >= 0.6 is 0 Å². The second kappa shape index (κ2) is 7.58. The van der Waals surface area contributed by atoms with Gasteiger partial charge in [-0.1, -0.05) is 17.7 Å². The highest BCUT2D eigenvalue weighted by molar-refractivity contribution is 5.73. The summed E-state index contributed by atoms with van der Waals surface area (Å²) < 4.78 is 11.2. The normalized spacial score (nSPS) is 23.0. The monoisotopic (exact) mass is 308 g/mol. The molecule has 122 valence electrons. The van der Waals surface area contributed by atoms with Crippen molar-refractivity contribution in [3.63, 3.8) is 0 Å². The van der Waals surface area contributed by atoms with Crippen molar-refractivity contribution in [2.45, 2.75) is 18.9 Å². The number of nitrogens with two attached hydrogens (primary N) is 1. The van der Waals surface area contributed by atoms with Gasteiger partial charge in [-0.3, -0.25) is 9.69 Å². The molecule has 0 saturated carbocycles. The van der Waals surface area contributed by atoms with Crippen molar-refractivity contribution in [3.05, 3.63) is 29.8 Å². The number of aryl methyl sites for hydroxylation is 1. The van der Waals surface area contributed by atoms with Gasteiger partial charge in [0.1, 0.15) is 18.0 Å². The maximum absolute atomic E-state index is 10.9.